The Balaban J connectivity index is 0.00000149. The Morgan fingerprint density at radius 3 is 2.43 bits per heavy atom. The largest absolute Gasteiger partial charge is 0.493 e. The molecule has 1 amide bonds. The first kappa shape index (κ1) is 20.9. The number of benzene rings is 1. The van der Waals surface area contributed by atoms with E-state index in [1.165, 1.54) is 13.5 Å². The van der Waals surface area contributed by atoms with Gasteiger partial charge in [-0.2, -0.15) is 0 Å². The summed E-state index contributed by atoms with van der Waals surface area (Å²) in [5, 5.41) is 2.34. The van der Waals surface area contributed by atoms with Gasteiger partial charge in [-0.05, 0) is 18.2 Å². The number of ketones is 1. The van der Waals surface area contributed by atoms with Gasteiger partial charge in [-0.1, -0.05) is 20.3 Å². The van der Waals surface area contributed by atoms with Crippen molar-refractivity contribution >= 4 is 12.2 Å². The standard InChI is InChI=1S/C14H19NO5.C3H8/c1-18-6-3-7-20-14-8-11(4-5-13(14)19-2)12(17)9-15-10-16;1-3-2/h4-5,8,10H,3,6-7,9H2,1-2H3,(H,15,16);3H2,1-2H3. The van der Waals surface area contributed by atoms with Gasteiger partial charge in [0.25, 0.3) is 0 Å². The second kappa shape index (κ2) is 13.6. The molecule has 0 unspecified atom stereocenters. The fourth-order valence-electron chi connectivity index (χ4n) is 1.58. The number of hydrogen-bond donors (Lipinski definition) is 1. The van der Waals surface area contributed by atoms with Crippen LogP contribution >= 0.6 is 0 Å². The van der Waals surface area contributed by atoms with E-state index in [0.717, 1.165) is 6.42 Å². The molecule has 130 valence electrons. The fourth-order valence-corrected chi connectivity index (χ4v) is 1.58. The molecule has 0 radical (unpaired) electrons. The van der Waals surface area contributed by atoms with Crippen molar-refractivity contribution in [1.82, 2.24) is 5.32 Å². The SMILES string of the molecule is CCC.COCCCOc1cc(C(=O)CNC=O)ccc1OC. The summed E-state index contributed by atoms with van der Waals surface area (Å²) < 4.78 is 15.7. The molecule has 0 aliphatic carbocycles. The number of amides is 1. The lowest BCUT2D eigenvalue weighted by atomic mass is 10.1. The summed E-state index contributed by atoms with van der Waals surface area (Å²) in [5.41, 5.74) is 0.460. The van der Waals surface area contributed by atoms with Crippen LogP contribution in [0, 0.1) is 0 Å². The van der Waals surface area contributed by atoms with Gasteiger partial charge < -0.3 is 19.5 Å². The summed E-state index contributed by atoms with van der Waals surface area (Å²) in [5.74, 6) is 0.865. The molecule has 0 aliphatic rings. The van der Waals surface area contributed by atoms with Crippen LogP contribution in [0.15, 0.2) is 18.2 Å². The molecule has 0 aromatic heterocycles. The third-order valence-corrected chi connectivity index (χ3v) is 2.58. The van der Waals surface area contributed by atoms with Gasteiger partial charge in [-0.15, -0.1) is 0 Å². The minimum atomic E-state index is -0.193. The van der Waals surface area contributed by atoms with Crippen molar-refractivity contribution in [3.63, 3.8) is 0 Å². The molecular formula is C17H27NO5. The van der Waals surface area contributed by atoms with Crippen LogP contribution in [0.25, 0.3) is 0 Å². The third-order valence-electron chi connectivity index (χ3n) is 2.58. The monoisotopic (exact) mass is 325 g/mol. The number of ether oxygens (including phenoxy) is 3. The number of hydrogen-bond acceptors (Lipinski definition) is 5. The summed E-state index contributed by atoms with van der Waals surface area (Å²) >= 11 is 0. The maximum Gasteiger partial charge on any atom is 0.207 e. The lowest BCUT2D eigenvalue weighted by molar-refractivity contribution is -0.109. The van der Waals surface area contributed by atoms with Gasteiger partial charge in [0, 0.05) is 25.7 Å². The zero-order chi connectivity index (χ0) is 17.5. The summed E-state index contributed by atoms with van der Waals surface area (Å²) in [4.78, 5) is 22.0. The number of Topliss-reactive ketones (excluding diaryl/α,β-unsaturated/α-hetero) is 1. The molecule has 0 spiro atoms. The van der Waals surface area contributed by atoms with Crippen LogP contribution in [0.3, 0.4) is 0 Å². The van der Waals surface area contributed by atoms with Crippen LogP contribution in [-0.4, -0.2) is 46.2 Å². The second-order valence-corrected chi connectivity index (χ2v) is 4.69. The number of methoxy groups -OCH3 is 2. The van der Waals surface area contributed by atoms with Crippen LogP contribution in [0.1, 0.15) is 37.0 Å². The maximum absolute atomic E-state index is 11.8. The van der Waals surface area contributed by atoms with Gasteiger partial charge in [-0.25, -0.2) is 0 Å². The van der Waals surface area contributed by atoms with E-state index in [4.69, 9.17) is 14.2 Å². The third kappa shape index (κ3) is 8.83. The Morgan fingerprint density at radius 1 is 1.17 bits per heavy atom. The van der Waals surface area contributed by atoms with Gasteiger partial charge in [0.2, 0.25) is 6.41 Å². The zero-order valence-electron chi connectivity index (χ0n) is 14.4. The van der Waals surface area contributed by atoms with E-state index in [2.05, 4.69) is 19.2 Å². The van der Waals surface area contributed by atoms with Crippen molar-refractivity contribution in [1.29, 1.82) is 0 Å². The van der Waals surface area contributed by atoms with E-state index in [1.54, 1.807) is 25.3 Å². The van der Waals surface area contributed by atoms with Crippen LogP contribution in [0.5, 0.6) is 11.5 Å². The Hall–Kier alpha value is -2.08. The minimum absolute atomic E-state index is 0.0427. The molecule has 6 heteroatoms. The molecule has 1 N–H and O–H groups in total. The molecule has 0 bridgehead atoms. The molecule has 1 rings (SSSR count). The van der Waals surface area contributed by atoms with E-state index in [-0.39, 0.29) is 12.3 Å². The second-order valence-electron chi connectivity index (χ2n) is 4.69. The number of nitrogens with one attached hydrogen (secondary N) is 1. The predicted octanol–water partition coefficient (Wildman–Crippen LogP) is 2.46. The molecule has 23 heavy (non-hydrogen) atoms. The lowest BCUT2D eigenvalue weighted by Crippen LogP contribution is -2.21. The van der Waals surface area contributed by atoms with Gasteiger partial charge in [0.05, 0.1) is 20.3 Å². The highest BCUT2D eigenvalue weighted by molar-refractivity contribution is 5.98. The van der Waals surface area contributed by atoms with Crippen molar-refractivity contribution in [3.05, 3.63) is 23.8 Å². The molecular weight excluding hydrogens is 298 g/mol. The van der Waals surface area contributed by atoms with E-state index in [0.29, 0.717) is 36.7 Å². The summed E-state index contributed by atoms with van der Waals surface area (Å²) in [7, 11) is 3.16. The summed E-state index contributed by atoms with van der Waals surface area (Å²) in [6, 6.07) is 4.91. The van der Waals surface area contributed by atoms with Crippen molar-refractivity contribution in [2.45, 2.75) is 26.7 Å². The molecule has 1 aromatic carbocycles. The highest BCUT2D eigenvalue weighted by Gasteiger charge is 2.11. The number of carbonyl (C=O) groups is 2. The molecule has 1 aromatic rings. The molecule has 0 atom stereocenters. The van der Waals surface area contributed by atoms with Crippen LogP contribution in [-0.2, 0) is 9.53 Å². The van der Waals surface area contributed by atoms with Crippen molar-refractivity contribution in [3.8, 4) is 11.5 Å². The molecule has 0 saturated heterocycles. The highest BCUT2D eigenvalue weighted by atomic mass is 16.5. The Morgan fingerprint density at radius 2 is 1.87 bits per heavy atom. The fraction of sp³-hybridized carbons (Fsp3) is 0.529. The predicted molar refractivity (Wildman–Crippen MR) is 89.3 cm³/mol. The van der Waals surface area contributed by atoms with Crippen LogP contribution < -0.4 is 14.8 Å². The van der Waals surface area contributed by atoms with Gasteiger partial charge >= 0.3 is 0 Å². The van der Waals surface area contributed by atoms with E-state index in [1.807, 2.05) is 0 Å². The van der Waals surface area contributed by atoms with Crippen LogP contribution in [0.4, 0.5) is 0 Å². The average molecular weight is 325 g/mol. The normalized spacial score (nSPS) is 9.39. The quantitative estimate of drug-likeness (QED) is 0.406. The average Bonchev–Trinajstić information content (AvgIpc) is 2.57. The first-order chi connectivity index (χ1) is 11.1. The summed E-state index contributed by atoms with van der Waals surface area (Å²) in [6.45, 7) is 5.28. The Labute approximate surface area is 138 Å². The van der Waals surface area contributed by atoms with E-state index < -0.39 is 0 Å². The number of carbonyl (C=O) groups excluding carboxylic acids is 2. The Bertz CT molecular complexity index is 462. The topological polar surface area (TPSA) is 73.9 Å². The lowest BCUT2D eigenvalue weighted by Gasteiger charge is -2.12. The molecule has 0 heterocycles. The molecule has 0 fully saturated rings. The van der Waals surface area contributed by atoms with Crippen LogP contribution in [0.2, 0.25) is 0 Å². The van der Waals surface area contributed by atoms with Crippen molar-refractivity contribution < 1.29 is 23.8 Å². The van der Waals surface area contributed by atoms with Gasteiger partial charge in [-0.3, -0.25) is 9.59 Å². The van der Waals surface area contributed by atoms with Crippen molar-refractivity contribution in [2.75, 3.05) is 34.0 Å². The first-order valence-corrected chi connectivity index (χ1v) is 7.64. The highest BCUT2D eigenvalue weighted by Crippen LogP contribution is 2.28. The molecule has 0 aliphatic heterocycles. The number of rotatable bonds is 10. The maximum atomic E-state index is 11.8. The first-order valence-electron chi connectivity index (χ1n) is 7.64. The molecule has 0 saturated carbocycles. The summed E-state index contributed by atoms with van der Waals surface area (Å²) in [6.07, 6.45) is 2.48. The minimum Gasteiger partial charge on any atom is -0.493 e. The zero-order valence-corrected chi connectivity index (χ0v) is 14.4. The van der Waals surface area contributed by atoms with E-state index >= 15 is 0 Å². The molecule has 6 nitrogen and oxygen atoms in total. The van der Waals surface area contributed by atoms with Crippen molar-refractivity contribution in [2.24, 2.45) is 0 Å². The van der Waals surface area contributed by atoms with Gasteiger partial charge in [0.15, 0.2) is 17.3 Å². The Kier molecular flexibility index (Phi) is 12.3. The van der Waals surface area contributed by atoms with Gasteiger partial charge in [0.1, 0.15) is 0 Å². The smallest absolute Gasteiger partial charge is 0.207 e. The van der Waals surface area contributed by atoms with E-state index in [9.17, 15) is 9.59 Å².